The molecule has 8 rings (SSSR count). The summed E-state index contributed by atoms with van der Waals surface area (Å²) in [4.78, 5) is 23.7. The maximum absolute atomic E-state index is 14.1. The van der Waals surface area contributed by atoms with Gasteiger partial charge in [-0.05, 0) is 85.3 Å². The lowest BCUT2D eigenvalue weighted by molar-refractivity contribution is 0.629. The summed E-state index contributed by atoms with van der Waals surface area (Å²) in [6.07, 6.45) is 7.83. The number of hydrogen-bond donors (Lipinski definition) is 0. The van der Waals surface area contributed by atoms with Gasteiger partial charge >= 0.3 is 0 Å². The van der Waals surface area contributed by atoms with Crippen molar-refractivity contribution < 1.29 is 4.39 Å². The average molecular weight is 784 g/mol. The second kappa shape index (κ2) is 14.3. The van der Waals surface area contributed by atoms with Crippen LogP contribution in [0.1, 0.15) is 13.3 Å². The predicted octanol–water partition coefficient (Wildman–Crippen LogP) is 11.5. The minimum atomic E-state index is -0.369. The Bertz CT molecular complexity index is 2620. The summed E-state index contributed by atoms with van der Waals surface area (Å²) in [5, 5.41) is 5.35. The number of hydrazine groups is 1. The number of fused-ring (bicyclic) bond motifs is 2. The lowest BCUT2D eigenvalue weighted by Crippen LogP contribution is -2.37. The first-order valence-corrected chi connectivity index (χ1v) is 18.1. The highest BCUT2D eigenvalue weighted by Crippen LogP contribution is 2.42. The summed E-state index contributed by atoms with van der Waals surface area (Å²) >= 11 is 27.1. The third-order valence-corrected chi connectivity index (χ3v) is 9.80. The zero-order chi connectivity index (χ0) is 36.8. The molecule has 0 aliphatic carbocycles. The fourth-order valence-corrected chi connectivity index (χ4v) is 7.08. The Kier molecular flexibility index (Phi) is 9.38. The van der Waals surface area contributed by atoms with Gasteiger partial charge in [0.1, 0.15) is 23.0 Å². The van der Waals surface area contributed by atoms with Crippen LogP contribution < -0.4 is 10.0 Å². The predicted molar refractivity (Wildman–Crippen MR) is 212 cm³/mol. The third-order valence-electron chi connectivity index (χ3n) is 8.74. The van der Waals surface area contributed by atoms with Crippen molar-refractivity contribution in [1.29, 1.82) is 0 Å². The number of rotatable bonds is 9. The van der Waals surface area contributed by atoms with Crippen molar-refractivity contribution in [3.63, 3.8) is 0 Å². The fourth-order valence-electron chi connectivity index (χ4n) is 6.33. The highest BCUT2D eigenvalue weighted by atomic mass is 35.5. The second-order valence-corrected chi connectivity index (χ2v) is 13.9. The number of imidazole rings is 2. The zero-order valence-electron chi connectivity index (χ0n) is 28.2. The molecule has 0 fully saturated rings. The summed E-state index contributed by atoms with van der Waals surface area (Å²) in [6, 6.07) is 24.6. The van der Waals surface area contributed by atoms with Crippen LogP contribution in [0.3, 0.4) is 0 Å². The number of halogens is 5. The van der Waals surface area contributed by atoms with Crippen LogP contribution in [0.15, 0.2) is 110 Å². The molecule has 0 bridgehead atoms. The summed E-state index contributed by atoms with van der Waals surface area (Å²) in [5.41, 5.74) is 5.73. The molecule has 0 aliphatic rings. The van der Waals surface area contributed by atoms with Gasteiger partial charge in [0.05, 0.1) is 44.2 Å². The molecule has 53 heavy (non-hydrogen) atoms. The van der Waals surface area contributed by atoms with E-state index in [4.69, 9.17) is 61.4 Å². The Hall–Kier alpha value is -5.26. The minimum Gasteiger partial charge on any atom is -0.327 e. The molecule has 5 aromatic heterocycles. The standard InChI is InChI=1S/C39H28Cl4FN9/c1-3-16-51-35-14-15-45-22-33(35)49-37(51)24-18-31(43)39(47-21-24)53(29-11-6-26(41)7-12-29)52(28-9-4-25(40)5-10-28)38-30(42)17-23(20-46-38)36-48-32-19-27(44)8-13-34(32)50(36)2/h4-15,17-22H,3,16H2,1-2H3. The monoisotopic (exact) mass is 781 g/mol. The number of aromatic nitrogens is 7. The van der Waals surface area contributed by atoms with Crippen LogP contribution in [0.5, 0.6) is 0 Å². The molecule has 5 heterocycles. The molecule has 0 saturated heterocycles. The zero-order valence-corrected chi connectivity index (χ0v) is 31.2. The number of hydrogen-bond acceptors (Lipinski definition) is 7. The van der Waals surface area contributed by atoms with E-state index in [0.29, 0.717) is 60.0 Å². The number of anilines is 4. The van der Waals surface area contributed by atoms with Gasteiger partial charge in [0.25, 0.3) is 0 Å². The van der Waals surface area contributed by atoms with E-state index in [1.165, 1.54) is 12.1 Å². The molecule has 0 N–H and O–H groups in total. The van der Waals surface area contributed by atoms with Crippen molar-refractivity contribution in [3.05, 3.63) is 136 Å². The van der Waals surface area contributed by atoms with Crippen LogP contribution in [-0.4, -0.2) is 34.1 Å². The molecule has 0 saturated carbocycles. The number of pyridine rings is 3. The van der Waals surface area contributed by atoms with Gasteiger partial charge < -0.3 is 9.13 Å². The molecule has 9 nitrogen and oxygen atoms in total. The van der Waals surface area contributed by atoms with Crippen molar-refractivity contribution in [1.82, 2.24) is 34.1 Å². The Morgan fingerprint density at radius 3 is 1.77 bits per heavy atom. The Morgan fingerprint density at radius 1 is 0.642 bits per heavy atom. The minimum absolute atomic E-state index is 0.296. The summed E-state index contributed by atoms with van der Waals surface area (Å²) in [5.74, 6) is 1.67. The number of aryl methyl sites for hydroxylation is 2. The van der Waals surface area contributed by atoms with Crippen molar-refractivity contribution >= 4 is 91.5 Å². The Labute approximate surface area is 323 Å². The van der Waals surface area contributed by atoms with E-state index in [1.54, 1.807) is 61.2 Å². The van der Waals surface area contributed by atoms with Crippen LogP contribution in [0.2, 0.25) is 20.1 Å². The molecule has 14 heteroatoms. The topological polar surface area (TPSA) is 80.8 Å². The molecular formula is C39H28Cl4FN9. The summed E-state index contributed by atoms with van der Waals surface area (Å²) in [6.45, 7) is 2.87. The van der Waals surface area contributed by atoms with Gasteiger partial charge in [0.2, 0.25) is 0 Å². The molecule has 0 atom stereocenters. The van der Waals surface area contributed by atoms with E-state index < -0.39 is 0 Å². The molecule has 0 radical (unpaired) electrons. The molecule has 0 amide bonds. The van der Waals surface area contributed by atoms with Crippen molar-refractivity contribution in [2.24, 2.45) is 7.05 Å². The van der Waals surface area contributed by atoms with Crippen LogP contribution in [0.25, 0.3) is 44.8 Å². The lowest BCUT2D eigenvalue weighted by Gasteiger charge is -2.37. The fraction of sp³-hybridized carbons (Fsp3) is 0.103. The second-order valence-electron chi connectivity index (χ2n) is 12.2. The van der Waals surface area contributed by atoms with E-state index in [-0.39, 0.29) is 5.82 Å². The molecule has 8 aromatic rings. The molecule has 264 valence electrons. The largest absolute Gasteiger partial charge is 0.327 e. The van der Waals surface area contributed by atoms with E-state index in [2.05, 4.69) is 21.5 Å². The maximum Gasteiger partial charge on any atom is 0.171 e. The van der Waals surface area contributed by atoms with Gasteiger partial charge in [-0.2, -0.15) is 0 Å². The lowest BCUT2D eigenvalue weighted by atomic mass is 10.2. The van der Waals surface area contributed by atoms with Crippen LogP contribution in [0, 0.1) is 5.82 Å². The summed E-state index contributed by atoms with van der Waals surface area (Å²) in [7, 11) is 1.86. The molecule has 0 unspecified atom stereocenters. The first-order valence-electron chi connectivity index (χ1n) is 16.6. The maximum atomic E-state index is 14.1. The van der Waals surface area contributed by atoms with Crippen molar-refractivity contribution in [2.75, 3.05) is 10.0 Å². The molecule has 0 aliphatic heterocycles. The Balaban J connectivity index is 1.29. The van der Waals surface area contributed by atoms with E-state index in [0.717, 1.165) is 40.9 Å². The van der Waals surface area contributed by atoms with Crippen LogP contribution in [-0.2, 0) is 13.6 Å². The summed E-state index contributed by atoms with van der Waals surface area (Å²) < 4.78 is 18.1. The SMILES string of the molecule is CCCn1c(-c2cnc(N(c3ccc(Cl)cc3)N(c3ccc(Cl)cc3)c3ncc(-c4nc5cc(F)ccc5n4C)cc3Cl)c(Cl)c2)nc2cnccc21. The third kappa shape index (κ3) is 6.53. The Morgan fingerprint density at radius 2 is 1.21 bits per heavy atom. The number of benzene rings is 3. The average Bonchev–Trinajstić information content (AvgIpc) is 3.69. The quantitative estimate of drug-likeness (QED) is 0.135. The van der Waals surface area contributed by atoms with Crippen LogP contribution >= 0.6 is 46.4 Å². The van der Waals surface area contributed by atoms with Crippen molar-refractivity contribution in [3.8, 4) is 22.8 Å². The smallest absolute Gasteiger partial charge is 0.171 e. The highest BCUT2D eigenvalue weighted by Gasteiger charge is 2.29. The molecule has 0 spiro atoms. The van der Waals surface area contributed by atoms with E-state index >= 15 is 0 Å². The van der Waals surface area contributed by atoms with Crippen molar-refractivity contribution in [2.45, 2.75) is 19.9 Å². The van der Waals surface area contributed by atoms with Crippen LogP contribution in [0.4, 0.5) is 27.4 Å². The van der Waals surface area contributed by atoms with Gasteiger partial charge in [-0.15, -0.1) is 0 Å². The van der Waals surface area contributed by atoms with Gasteiger partial charge in [-0.1, -0.05) is 53.3 Å². The molecule has 3 aromatic carbocycles. The van der Waals surface area contributed by atoms with E-state index in [9.17, 15) is 4.39 Å². The van der Waals surface area contributed by atoms with E-state index in [1.807, 2.05) is 58.0 Å². The highest BCUT2D eigenvalue weighted by molar-refractivity contribution is 6.34. The van der Waals surface area contributed by atoms with Gasteiger partial charge in [-0.3, -0.25) is 4.98 Å². The number of nitrogens with zero attached hydrogens (tertiary/aromatic N) is 9. The first-order chi connectivity index (χ1) is 25.7. The first kappa shape index (κ1) is 34.8. The van der Waals surface area contributed by atoms with Gasteiger partial charge in [0, 0.05) is 59.4 Å². The normalized spacial score (nSPS) is 11.5. The van der Waals surface area contributed by atoms with Gasteiger partial charge in [-0.25, -0.2) is 34.3 Å². The van der Waals surface area contributed by atoms with Gasteiger partial charge in [0.15, 0.2) is 11.6 Å². The molecular weight excluding hydrogens is 755 g/mol.